The van der Waals surface area contributed by atoms with Gasteiger partial charge in [0, 0.05) is 16.5 Å². The van der Waals surface area contributed by atoms with E-state index in [0.717, 1.165) is 8.45 Å². The molecule has 0 aliphatic carbocycles. The second-order valence-electron chi connectivity index (χ2n) is 4.01. The quantitative estimate of drug-likeness (QED) is 0.590. The summed E-state index contributed by atoms with van der Waals surface area (Å²) in [6.07, 6.45) is 0. The van der Waals surface area contributed by atoms with Crippen LogP contribution in [-0.4, -0.2) is 5.16 Å². The number of halogens is 3. The summed E-state index contributed by atoms with van der Waals surface area (Å²) in [6.45, 7) is 0. The van der Waals surface area contributed by atoms with E-state index in [9.17, 15) is 4.39 Å². The lowest BCUT2D eigenvalue weighted by Crippen LogP contribution is -1.91. The molecule has 0 aliphatic rings. The highest BCUT2D eigenvalue weighted by atomic mass is 127. The fourth-order valence-electron chi connectivity index (χ4n) is 1.91. The van der Waals surface area contributed by atoms with Crippen LogP contribution in [-0.2, 0) is 0 Å². The van der Waals surface area contributed by atoms with Gasteiger partial charge in [0.2, 0.25) is 5.88 Å². The van der Waals surface area contributed by atoms with E-state index in [0.29, 0.717) is 11.3 Å². The molecule has 0 unspecified atom stereocenters. The van der Waals surface area contributed by atoms with E-state index in [1.807, 2.05) is 11.4 Å². The lowest BCUT2D eigenvalue weighted by Gasteiger charge is -2.05. The first kappa shape index (κ1) is 13.8. The van der Waals surface area contributed by atoms with Gasteiger partial charge in [0.25, 0.3) is 0 Å². The minimum Gasteiger partial charge on any atom is -0.367 e. The lowest BCUT2D eigenvalue weighted by atomic mass is 10.0. The number of rotatable bonds is 2. The first-order valence-corrected chi connectivity index (χ1v) is 7.85. The van der Waals surface area contributed by atoms with Gasteiger partial charge in [-0.15, -0.1) is 11.3 Å². The van der Waals surface area contributed by atoms with Gasteiger partial charge in [0.15, 0.2) is 0 Å². The zero-order valence-corrected chi connectivity index (χ0v) is 13.6. The molecule has 2 aromatic heterocycles. The zero-order chi connectivity index (χ0) is 14.3. The van der Waals surface area contributed by atoms with Crippen LogP contribution in [0.2, 0.25) is 5.02 Å². The second-order valence-corrected chi connectivity index (χ2v) is 7.22. The van der Waals surface area contributed by atoms with Crippen molar-refractivity contribution in [1.82, 2.24) is 5.16 Å². The molecule has 7 heteroatoms. The SMILES string of the molecule is Nc1onc(-c2csc(I)c2)c1-c1c(F)cccc1Cl. The third-order valence-electron chi connectivity index (χ3n) is 2.77. The third-order valence-corrected chi connectivity index (χ3v) is 4.88. The largest absolute Gasteiger partial charge is 0.367 e. The maximum absolute atomic E-state index is 14.1. The Morgan fingerprint density at radius 1 is 1.35 bits per heavy atom. The molecule has 0 aliphatic heterocycles. The van der Waals surface area contributed by atoms with Gasteiger partial charge in [-0.05, 0) is 40.8 Å². The van der Waals surface area contributed by atoms with Crippen molar-refractivity contribution in [2.45, 2.75) is 0 Å². The molecule has 0 spiro atoms. The smallest absolute Gasteiger partial charge is 0.230 e. The van der Waals surface area contributed by atoms with Crippen molar-refractivity contribution in [3.05, 3.63) is 43.4 Å². The van der Waals surface area contributed by atoms with Crippen LogP contribution in [0.15, 0.2) is 34.2 Å². The normalized spacial score (nSPS) is 10.9. The Labute approximate surface area is 136 Å². The second kappa shape index (κ2) is 5.34. The number of thiophene rings is 1. The van der Waals surface area contributed by atoms with Crippen molar-refractivity contribution in [2.75, 3.05) is 5.73 Å². The van der Waals surface area contributed by atoms with Gasteiger partial charge in [0.1, 0.15) is 11.5 Å². The van der Waals surface area contributed by atoms with Gasteiger partial charge in [-0.25, -0.2) is 4.39 Å². The predicted molar refractivity (Wildman–Crippen MR) is 87.3 cm³/mol. The van der Waals surface area contributed by atoms with Crippen LogP contribution >= 0.6 is 45.5 Å². The molecule has 0 saturated carbocycles. The molecule has 2 N–H and O–H groups in total. The molecule has 0 bridgehead atoms. The summed E-state index contributed by atoms with van der Waals surface area (Å²) in [5, 5.41) is 6.12. The Kier molecular flexibility index (Phi) is 3.70. The standard InChI is InChI=1S/C13H7ClFIN2OS/c14-7-2-1-3-8(15)10(7)11-12(18-19-13(11)17)6-4-9(16)20-5-6/h1-5H,17H2. The van der Waals surface area contributed by atoms with Gasteiger partial charge in [-0.2, -0.15) is 0 Å². The number of aromatic nitrogens is 1. The topological polar surface area (TPSA) is 52.0 Å². The summed E-state index contributed by atoms with van der Waals surface area (Å²) in [5.74, 6) is -0.410. The molecular weight excluding hydrogens is 414 g/mol. The summed E-state index contributed by atoms with van der Waals surface area (Å²) in [5.41, 5.74) is 7.73. The fraction of sp³-hybridized carbons (Fsp3) is 0. The van der Waals surface area contributed by atoms with E-state index in [2.05, 4.69) is 27.7 Å². The Bertz CT molecular complexity index is 766. The van der Waals surface area contributed by atoms with Crippen molar-refractivity contribution in [3.63, 3.8) is 0 Å². The number of nitrogens with two attached hydrogens (primary N) is 1. The van der Waals surface area contributed by atoms with Gasteiger partial charge >= 0.3 is 0 Å². The van der Waals surface area contributed by atoms with Crippen molar-refractivity contribution >= 4 is 51.4 Å². The molecular formula is C13H7ClFIN2OS. The first-order valence-electron chi connectivity index (χ1n) is 5.52. The molecule has 1 aromatic carbocycles. The van der Waals surface area contributed by atoms with E-state index in [1.165, 1.54) is 12.1 Å². The predicted octanol–water partition coefficient (Wildman–Crippen LogP) is 5.05. The molecule has 2 heterocycles. The Balaban J connectivity index is 2.27. The van der Waals surface area contributed by atoms with E-state index in [1.54, 1.807) is 17.4 Å². The van der Waals surface area contributed by atoms with E-state index in [4.69, 9.17) is 21.9 Å². The van der Waals surface area contributed by atoms with Crippen LogP contribution in [0.3, 0.4) is 0 Å². The minimum absolute atomic E-state index is 0.0493. The Morgan fingerprint density at radius 3 is 2.80 bits per heavy atom. The lowest BCUT2D eigenvalue weighted by molar-refractivity contribution is 0.439. The fourth-order valence-corrected chi connectivity index (χ4v) is 3.50. The summed E-state index contributed by atoms with van der Waals surface area (Å²) >= 11 is 9.85. The van der Waals surface area contributed by atoms with Gasteiger partial charge < -0.3 is 10.3 Å². The molecule has 0 atom stereocenters. The average Bonchev–Trinajstić information content (AvgIpc) is 2.97. The van der Waals surface area contributed by atoms with Crippen LogP contribution in [0, 0.1) is 8.70 Å². The third kappa shape index (κ3) is 2.32. The number of nitrogens with zero attached hydrogens (tertiary/aromatic N) is 1. The molecule has 3 nitrogen and oxygen atoms in total. The molecule has 3 aromatic rings. The summed E-state index contributed by atoms with van der Waals surface area (Å²) < 4.78 is 20.2. The monoisotopic (exact) mass is 420 g/mol. The van der Waals surface area contributed by atoms with Crippen LogP contribution < -0.4 is 5.73 Å². The highest BCUT2D eigenvalue weighted by Gasteiger charge is 2.23. The van der Waals surface area contributed by atoms with Gasteiger partial charge in [-0.1, -0.05) is 22.8 Å². The maximum Gasteiger partial charge on any atom is 0.230 e. The molecule has 20 heavy (non-hydrogen) atoms. The van der Waals surface area contributed by atoms with Gasteiger partial charge in [-0.3, -0.25) is 0 Å². The van der Waals surface area contributed by atoms with Crippen LogP contribution in [0.4, 0.5) is 10.3 Å². The molecule has 0 radical (unpaired) electrons. The van der Waals surface area contributed by atoms with Gasteiger partial charge in [0.05, 0.1) is 13.5 Å². The van der Waals surface area contributed by atoms with E-state index < -0.39 is 5.82 Å². The average molecular weight is 421 g/mol. The molecule has 0 amide bonds. The zero-order valence-electron chi connectivity index (χ0n) is 9.86. The summed E-state index contributed by atoms with van der Waals surface area (Å²) in [4.78, 5) is 0. The Hall–Kier alpha value is -1.12. The van der Waals surface area contributed by atoms with Crippen molar-refractivity contribution in [2.24, 2.45) is 0 Å². The summed E-state index contributed by atoms with van der Waals surface area (Å²) in [6, 6.07) is 6.40. The number of anilines is 1. The van der Waals surface area contributed by atoms with Crippen molar-refractivity contribution in [3.8, 4) is 22.4 Å². The molecule has 3 rings (SSSR count). The molecule has 0 fully saturated rings. The number of hydrogen-bond donors (Lipinski definition) is 1. The highest BCUT2D eigenvalue weighted by Crippen LogP contribution is 2.41. The van der Waals surface area contributed by atoms with Crippen molar-refractivity contribution in [1.29, 1.82) is 0 Å². The molecule has 0 saturated heterocycles. The van der Waals surface area contributed by atoms with E-state index in [-0.39, 0.29) is 16.5 Å². The highest BCUT2D eigenvalue weighted by molar-refractivity contribution is 14.1. The van der Waals surface area contributed by atoms with Crippen LogP contribution in [0.5, 0.6) is 0 Å². The van der Waals surface area contributed by atoms with Crippen molar-refractivity contribution < 1.29 is 8.91 Å². The Morgan fingerprint density at radius 2 is 2.15 bits per heavy atom. The number of hydrogen-bond acceptors (Lipinski definition) is 4. The van der Waals surface area contributed by atoms with E-state index >= 15 is 0 Å². The van der Waals surface area contributed by atoms with Crippen LogP contribution in [0.1, 0.15) is 0 Å². The summed E-state index contributed by atoms with van der Waals surface area (Å²) in [7, 11) is 0. The number of benzene rings is 1. The first-order chi connectivity index (χ1) is 9.58. The van der Waals surface area contributed by atoms with Crippen LogP contribution in [0.25, 0.3) is 22.4 Å². The number of nitrogen functional groups attached to an aromatic ring is 1. The molecule has 102 valence electrons. The maximum atomic E-state index is 14.1. The minimum atomic E-state index is -0.460.